The normalized spacial score (nSPS) is 16.3. The fourth-order valence-electron chi connectivity index (χ4n) is 7.01. The number of nitrogens with one attached hydrogen (secondary N) is 7. The highest BCUT2D eigenvalue weighted by molar-refractivity contribution is 5.98. The number of carboxylic acid groups (broad SMARTS) is 2. The van der Waals surface area contributed by atoms with Gasteiger partial charge in [0, 0.05) is 32.4 Å². The van der Waals surface area contributed by atoms with E-state index in [9.17, 15) is 78.0 Å². The maximum absolute atomic E-state index is 13.9. The van der Waals surface area contributed by atoms with Crippen molar-refractivity contribution >= 4 is 77.0 Å². The minimum atomic E-state index is -1.78. The lowest BCUT2D eigenvalue weighted by Gasteiger charge is -2.30. The molecule has 1 rings (SSSR count). The molecule has 0 saturated carbocycles. The first kappa shape index (κ1) is 62.8. The van der Waals surface area contributed by atoms with Gasteiger partial charge in [0.15, 0.2) is 12.0 Å². The van der Waals surface area contributed by atoms with Crippen molar-refractivity contribution in [2.45, 2.75) is 145 Å². The highest BCUT2D eigenvalue weighted by Gasteiger charge is 2.40. The van der Waals surface area contributed by atoms with Gasteiger partial charge in [-0.25, -0.2) is 4.79 Å². The Labute approximate surface area is 413 Å². The number of hydrogen-bond acceptors (Lipinski definition) is 17. The fourth-order valence-corrected chi connectivity index (χ4v) is 7.01. The Morgan fingerprint density at radius 1 is 0.653 bits per heavy atom. The summed E-state index contributed by atoms with van der Waals surface area (Å²) in [5, 5.41) is 55.4. The second-order valence-corrected chi connectivity index (χ2v) is 16.8. The second kappa shape index (κ2) is 32.6. The van der Waals surface area contributed by atoms with Crippen LogP contribution in [0, 0.1) is 0 Å². The van der Waals surface area contributed by atoms with E-state index in [2.05, 4.69) is 42.2 Å². The minimum Gasteiger partial charge on any atom is -0.481 e. The number of guanidine groups is 1. The van der Waals surface area contributed by atoms with Gasteiger partial charge in [-0.15, -0.1) is 0 Å². The van der Waals surface area contributed by atoms with Crippen LogP contribution in [-0.2, 0) is 57.5 Å². The Hall–Kier alpha value is -7.25. The van der Waals surface area contributed by atoms with Gasteiger partial charge in [0.05, 0.1) is 25.3 Å². The third-order valence-corrected chi connectivity index (χ3v) is 10.9. The lowest BCUT2D eigenvalue weighted by molar-refractivity contribution is -0.146. The number of nitrogens with zero attached hydrogens (tertiary/aromatic N) is 2. The molecule has 72 heavy (non-hydrogen) atoms. The van der Waals surface area contributed by atoms with Crippen molar-refractivity contribution in [3.63, 3.8) is 0 Å². The van der Waals surface area contributed by atoms with Crippen molar-refractivity contribution < 1.29 is 78.0 Å². The second-order valence-electron chi connectivity index (χ2n) is 16.8. The highest BCUT2D eigenvalue weighted by Crippen LogP contribution is 2.20. The summed E-state index contributed by atoms with van der Waals surface area (Å²) in [7, 11) is 0. The van der Waals surface area contributed by atoms with Crippen molar-refractivity contribution in [2.24, 2.45) is 39.4 Å². The quantitative estimate of drug-likeness (QED) is 0.0159. The summed E-state index contributed by atoms with van der Waals surface area (Å²) in [5.74, 6) is -12.6. The predicted molar refractivity (Wildman–Crippen MR) is 250 cm³/mol. The standard InChI is InChI=1S/C41H71N15O16/c1-20(58)32(40(71)72)55-37(68)23(7-4-16-48-41(46)47)53-38(69)27-8-5-17-56(27)39(70)26(19-57)54-36(67)25(11-14-31(62)63)52-35(66)22(6-2-3-15-42)50-30(61)18-49-34(65)24(10-13-29(45)60)51-33(64)21(43)9-12-28(44)59/h20-27,32,57-58H,2-19,42-43H2,1H3,(H2,44,59)(H2,45,60)(H,49,65)(H,50,61)(H,51,64)(H,52,66)(H,53,69)(H,54,67)(H,55,68)(H,62,63)(H,71,72)(H4,46,47,48)/t20-,21+,22+,23+,24+,25+,26+,27+,32+/m1/s1. The molecule has 1 aliphatic rings. The summed E-state index contributed by atoms with van der Waals surface area (Å²) in [4.78, 5) is 158. The number of aliphatic imine (C=N–C) groups is 1. The Kier molecular flexibility index (Phi) is 28.4. The molecule has 0 unspecified atom stereocenters. The molecular weight excluding hydrogens is 959 g/mol. The van der Waals surface area contributed by atoms with E-state index in [0.29, 0.717) is 6.42 Å². The molecule has 0 radical (unpaired) electrons. The number of unbranched alkanes of at least 4 members (excludes halogenated alkanes) is 1. The van der Waals surface area contributed by atoms with Crippen LogP contribution in [-0.4, -0.2) is 190 Å². The molecule has 0 aliphatic carbocycles. The number of rotatable bonds is 35. The first-order chi connectivity index (χ1) is 33.8. The number of aliphatic hydroxyl groups is 2. The molecule has 1 fully saturated rings. The maximum Gasteiger partial charge on any atom is 0.328 e. The first-order valence-electron chi connectivity index (χ1n) is 23.0. The van der Waals surface area contributed by atoms with Crippen LogP contribution in [0.5, 0.6) is 0 Å². The third-order valence-electron chi connectivity index (χ3n) is 10.9. The van der Waals surface area contributed by atoms with Crippen LogP contribution >= 0.6 is 0 Å². The third kappa shape index (κ3) is 23.6. The Bertz CT molecular complexity index is 1950. The summed E-state index contributed by atoms with van der Waals surface area (Å²) in [6.07, 6.45) is -3.13. The van der Waals surface area contributed by atoms with Gasteiger partial charge in [-0.05, 0) is 77.7 Å². The van der Waals surface area contributed by atoms with Crippen molar-refractivity contribution in [1.82, 2.24) is 42.1 Å². The fraction of sp³-hybridized carbons (Fsp3) is 0.683. The summed E-state index contributed by atoms with van der Waals surface area (Å²) < 4.78 is 0. The van der Waals surface area contributed by atoms with Gasteiger partial charge >= 0.3 is 11.9 Å². The number of likely N-dealkylation sites (tertiary alicyclic amines) is 1. The molecule has 1 heterocycles. The Morgan fingerprint density at radius 3 is 1.74 bits per heavy atom. The Balaban J connectivity index is 3.26. The van der Waals surface area contributed by atoms with E-state index in [1.807, 2.05) is 0 Å². The molecule has 0 spiro atoms. The van der Waals surface area contributed by atoms with E-state index < -0.39 is 151 Å². The topological polar surface area (TPSA) is 542 Å². The molecule has 9 atom stereocenters. The van der Waals surface area contributed by atoms with Gasteiger partial charge < -0.3 is 96.9 Å². The zero-order chi connectivity index (χ0) is 54.7. The van der Waals surface area contributed by atoms with E-state index >= 15 is 0 Å². The number of aliphatic hydroxyl groups excluding tert-OH is 2. The maximum atomic E-state index is 13.9. The number of hydrogen-bond donors (Lipinski definition) is 17. The number of carboxylic acids is 2. The van der Waals surface area contributed by atoms with Gasteiger partial charge in [-0.2, -0.15) is 0 Å². The molecular formula is C41H71N15O16. The van der Waals surface area contributed by atoms with Crippen LogP contribution in [0.25, 0.3) is 0 Å². The molecule has 0 bridgehead atoms. The van der Waals surface area contributed by atoms with Gasteiger partial charge in [0.2, 0.25) is 59.1 Å². The lowest BCUT2D eigenvalue weighted by atomic mass is 10.1. The molecule has 31 heteroatoms. The molecule has 406 valence electrons. The number of nitrogens with two attached hydrogens (primary N) is 6. The van der Waals surface area contributed by atoms with Gasteiger partial charge in [0.1, 0.15) is 36.3 Å². The highest BCUT2D eigenvalue weighted by atomic mass is 16.4. The molecule has 31 nitrogen and oxygen atoms in total. The molecule has 10 amide bonds. The van der Waals surface area contributed by atoms with Crippen LogP contribution in [0.4, 0.5) is 0 Å². The van der Waals surface area contributed by atoms with E-state index in [1.165, 1.54) is 0 Å². The van der Waals surface area contributed by atoms with E-state index in [0.717, 1.165) is 11.8 Å². The predicted octanol–water partition coefficient (Wildman–Crippen LogP) is -8.63. The average molecular weight is 1030 g/mol. The number of amides is 10. The number of carbonyl (C=O) groups is 12. The van der Waals surface area contributed by atoms with Gasteiger partial charge in [-0.1, -0.05) is 0 Å². The van der Waals surface area contributed by atoms with E-state index in [4.69, 9.17) is 34.4 Å². The number of aliphatic carboxylic acids is 2. The van der Waals surface area contributed by atoms with Crippen molar-refractivity contribution in [3.05, 3.63) is 0 Å². The first-order valence-corrected chi connectivity index (χ1v) is 23.0. The SMILES string of the molecule is C[C@@H](O)[C@H](NC(=O)[C@H](CCCN=C(N)N)NC(=O)[C@@H]1CCCN1C(=O)[C@H](CO)NC(=O)[C@H](CCC(=O)O)NC(=O)[C@H](CCCCN)NC(=O)CNC(=O)[C@H](CCC(N)=O)NC(=O)[C@@H](N)CCC(N)=O)C(=O)O. The smallest absolute Gasteiger partial charge is 0.328 e. The molecule has 0 aromatic carbocycles. The monoisotopic (exact) mass is 1030 g/mol. The van der Waals surface area contributed by atoms with E-state index in [-0.39, 0.29) is 89.8 Å². The van der Waals surface area contributed by atoms with Gasteiger partial charge in [0.25, 0.3) is 0 Å². The van der Waals surface area contributed by atoms with Crippen molar-refractivity contribution in [2.75, 3.05) is 32.8 Å². The molecule has 23 N–H and O–H groups in total. The summed E-state index contributed by atoms with van der Waals surface area (Å²) in [6.45, 7) is -0.617. The summed E-state index contributed by atoms with van der Waals surface area (Å²) in [5.41, 5.74) is 32.4. The summed E-state index contributed by atoms with van der Waals surface area (Å²) >= 11 is 0. The van der Waals surface area contributed by atoms with Crippen LogP contribution in [0.3, 0.4) is 0 Å². The van der Waals surface area contributed by atoms with Crippen molar-refractivity contribution in [3.8, 4) is 0 Å². The average Bonchev–Trinajstić information content (AvgIpc) is 3.81. The molecule has 1 aliphatic heterocycles. The van der Waals surface area contributed by atoms with E-state index in [1.54, 1.807) is 0 Å². The largest absolute Gasteiger partial charge is 0.481 e. The lowest BCUT2D eigenvalue weighted by Crippen LogP contribution is -2.60. The number of carbonyl (C=O) groups excluding carboxylic acids is 10. The molecule has 0 aromatic rings. The van der Waals surface area contributed by atoms with Crippen LogP contribution in [0.2, 0.25) is 0 Å². The molecule has 1 saturated heterocycles. The van der Waals surface area contributed by atoms with Gasteiger partial charge in [-0.3, -0.25) is 57.7 Å². The zero-order valence-corrected chi connectivity index (χ0v) is 40.0. The molecule has 0 aromatic heterocycles. The zero-order valence-electron chi connectivity index (χ0n) is 40.0. The summed E-state index contributed by atoms with van der Waals surface area (Å²) in [6, 6.07) is -12.1. The Morgan fingerprint density at radius 2 is 1.18 bits per heavy atom. The van der Waals surface area contributed by atoms with Crippen molar-refractivity contribution in [1.29, 1.82) is 0 Å². The number of primary amides is 2. The minimum absolute atomic E-state index is 0.00954. The van der Waals surface area contributed by atoms with Crippen LogP contribution in [0.15, 0.2) is 4.99 Å². The van der Waals surface area contributed by atoms with Crippen LogP contribution in [0.1, 0.15) is 90.4 Å². The van der Waals surface area contributed by atoms with Crippen LogP contribution < -0.4 is 71.6 Å².